The van der Waals surface area contributed by atoms with Gasteiger partial charge in [0.2, 0.25) is 0 Å². The molecule has 1 N–H and O–H groups in total. The fourth-order valence-corrected chi connectivity index (χ4v) is 5.70. The van der Waals surface area contributed by atoms with Crippen LogP contribution in [0, 0.1) is 6.92 Å². The molecule has 0 spiro atoms. The number of hydrogen-bond acceptors (Lipinski definition) is 5. The van der Waals surface area contributed by atoms with Crippen molar-refractivity contribution in [3.8, 4) is 0 Å². The summed E-state index contributed by atoms with van der Waals surface area (Å²) in [6, 6.07) is 7.00. The van der Waals surface area contributed by atoms with Crippen molar-refractivity contribution in [3.05, 3.63) is 56.4 Å². The molecule has 3 aromatic rings. The van der Waals surface area contributed by atoms with Crippen LogP contribution in [0.15, 0.2) is 29.1 Å². The molecule has 2 amide bonds. The number of nitrogens with zero attached hydrogens (tertiary/aromatic N) is 3. The summed E-state index contributed by atoms with van der Waals surface area (Å²) in [6.45, 7) is 4.12. The van der Waals surface area contributed by atoms with Gasteiger partial charge >= 0.3 is 0 Å². The van der Waals surface area contributed by atoms with Crippen molar-refractivity contribution in [2.24, 2.45) is 0 Å². The number of amides is 2. The molecular formula is C24H26N4O3S. The van der Waals surface area contributed by atoms with Crippen molar-refractivity contribution < 1.29 is 9.59 Å². The quantitative estimate of drug-likeness (QED) is 0.654. The van der Waals surface area contributed by atoms with Crippen LogP contribution in [0.3, 0.4) is 0 Å². The Labute approximate surface area is 190 Å². The third kappa shape index (κ3) is 3.72. The number of rotatable bonds is 3. The third-order valence-electron chi connectivity index (χ3n) is 6.40. The number of aryl methyl sites for hydroxylation is 2. The van der Waals surface area contributed by atoms with Gasteiger partial charge in [0.05, 0.1) is 10.3 Å². The fourth-order valence-electron chi connectivity index (χ4n) is 4.61. The monoisotopic (exact) mass is 450 g/mol. The summed E-state index contributed by atoms with van der Waals surface area (Å²) in [4.78, 5) is 46.4. The predicted octanol–water partition coefficient (Wildman–Crippen LogP) is 3.98. The molecule has 0 unspecified atom stereocenters. The molecule has 5 rings (SSSR count). The second-order valence-electron chi connectivity index (χ2n) is 8.56. The van der Waals surface area contributed by atoms with Gasteiger partial charge in [-0.3, -0.25) is 19.0 Å². The summed E-state index contributed by atoms with van der Waals surface area (Å²) in [5.74, 6) is 0.599. The van der Waals surface area contributed by atoms with Crippen molar-refractivity contribution in [1.82, 2.24) is 14.5 Å². The van der Waals surface area contributed by atoms with E-state index in [-0.39, 0.29) is 17.4 Å². The first-order valence-electron chi connectivity index (χ1n) is 11.3. The molecular weight excluding hydrogens is 424 g/mol. The molecule has 7 nitrogen and oxygen atoms in total. The van der Waals surface area contributed by atoms with Crippen molar-refractivity contribution >= 4 is 39.1 Å². The molecule has 0 radical (unpaired) electrons. The number of anilines is 1. The average Bonchev–Trinajstić information content (AvgIpc) is 3.37. The number of thiophene rings is 1. The zero-order valence-electron chi connectivity index (χ0n) is 18.1. The first-order chi connectivity index (χ1) is 15.5. The Morgan fingerprint density at radius 2 is 1.72 bits per heavy atom. The minimum absolute atomic E-state index is 0.0343. The van der Waals surface area contributed by atoms with Crippen molar-refractivity contribution in [2.75, 3.05) is 18.4 Å². The van der Waals surface area contributed by atoms with E-state index in [9.17, 15) is 14.4 Å². The Hall–Kier alpha value is -3.00. The zero-order valence-corrected chi connectivity index (χ0v) is 19.0. The van der Waals surface area contributed by atoms with E-state index in [1.165, 1.54) is 11.3 Å². The molecule has 1 saturated heterocycles. The molecule has 32 heavy (non-hydrogen) atoms. The molecule has 2 aliphatic rings. The standard InChI is InChI=1S/C24H26N4O3S/c1-15-19-22(26-18-7-3-2-4-14-28(18)24(19)31)32-20(15)21(29)25-17-10-8-16(9-11-17)23(30)27-12-5-6-13-27/h8-11H,2-7,12-14H2,1H3,(H,25,29). The van der Waals surface area contributed by atoms with Crippen LogP contribution >= 0.6 is 11.3 Å². The Morgan fingerprint density at radius 3 is 2.47 bits per heavy atom. The summed E-state index contributed by atoms with van der Waals surface area (Å²) in [7, 11) is 0. The number of aromatic nitrogens is 2. The van der Waals surface area contributed by atoms with Gasteiger partial charge in [0.15, 0.2) is 0 Å². The number of fused-ring (bicyclic) bond motifs is 2. The lowest BCUT2D eigenvalue weighted by molar-refractivity contribution is 0.0792. The summed E-state index contributed by atoms with van der Waals surface area (Å²) >= 11 is 1.27. The minimum Gasteiger partial charge on any atom is -0.339 e. The molecule has 2 aromatic heterocycles. The minimum atomic E-state index is -0.260. The maximum atomic E-state index is 13.1. The van der Waals surface area contributed by atoms with Crippen LogP contribution in [0.5, 0.6) is 0 Å². The molecule has 0 atom stereocenters. The van der Waals surface area contributed by atoms with Crippen molar-refractivity contribution in [2.45, 2.75) is 52.0 Å². The van der Waals surface area contributed by atoms with Gasteiger partial charge in [-0.2, -0.15) is 0 Å². The maximum absolute atomic E-state index is 13.1. The van der Waals surface area contributed by atoms with Gasteiger partial charge in [-0.15, -0.1) is 11.3 Å². The molecule has 8 heteroatoms. The highest BCUT2D eigenvalue weighted by Gasteiger charge is 2.23. The Balaban J connectivity index is 1.39. The SMILES string of the molecule is Cc1c(C(=O)Nc2ccc(C(=O)N3CCCC3)cc2)sc2nc3n(c(=O)c12)CCCCC3. The van der Waals surface area contributed by atoms with Gasteiger partial charge in [0.1, 0.15) is 10.7 Å². The lowest BCUT2D eigenvalue weighted by Crippen LogP contribution is -2.27. The smallest absolute Gasteiger partial charge is 0.266 e. The van der Waals surface area contributed by atoms with Crippen LogP contribution in [0.1, 0.15) is 63.5 Å². The van der Waals surface area contributed by atoms with E-state index in [0.717, 1.165) is 57.4 Å². The Kier molecular flexibility index (Phi) is 5.55. The molecule has 166 valence electrons. The van der Waals surface area contributed by atoms with E-state index >= 15 is 0 Å². The van der Waals surface area contributed by atoms with E-state index in [0.29, 0.717) is 38.5 Å². The Bertz CT molecular complexity index is 1250. The number of benzene rings is 1. The number of carbonyl (C=O) groups is 2. The van der Waals surface area contributed by atoms with Crippen LogP contribution in [0.25, 0.3) is 10.2 Å². The van der Waals surface area contributed by atoms with Crippen LogP contribution in [0.2, 0.25) is 0 Å². The first-order valence-corrected chi connectivity index (χ1v) is 12.1. The number of hydrogen-bond donors (Lipinski definition) is 1. The summed E-state index contributed by atoms with van der Waals surface area (Å²) < 4.78 is 1.78. The molecule has 4 heterocycles. The Morgan fingerprint density at radius 1 is 1.00 bits per heavy atom. The van der Waals surface area contributed by atoms with Crippen LogP contribution in [0.4, 0.5) is 5.69 Å². The number of carbonyl (C=O) groups excluding carboxylic acids is 2. The van der Waals surface area contributed by atoms with Crippen molar-refractivity contribution in [3.63, 3.8) is 0 Å². The highest BCUT2D eigenvalue weighted by molar-refractivity contribution is 7.20. The first kappa shape index (κ1) is 20.9. The van der Waals surface area contributed by atoms with Gasteiger partial charge in [-0.25, -0.2) is 4.98 Å². The maximum Gasteiger partial charge on any atom is 0.266 e. The highest BCUT2D eigenvalue weighted by Crippen LogP contribution is 2.29. The fraction of sp³-hybridized carbons (Fsp3) is 0.417. The lowest BCUT2D eigenvalue weighted by Gasteiger charge is -2.15. The molecule has 0 saturated carbocycles. The molecule has 1 aromatic carbocycles. The van der Waals surface area contributed by atoms with Crippen LogP contribution in [-0.2, 0) is 13.0 Å². The van der Waals surface area contributed by atoms with E-state index in [1.54, 1.807) is 28.8 Å². The van der Waals surface area contributed by atoms with Gasteiger partial charge in [-0.05, 0) is 62.4 Å². The van der Waals surface area contributed by atoms with E-state index in [1.807, 2.05) is 11.8 Å². The van der Waals surface area contributed by atoms with E-state index in [2.05, 4.69) is 5.32 Å². The molecule has 0 aliphatic carbocycles. The van der Waals surface area contributed by atoms with Gasteiger partial charge in [-0.1, -0.05) is 6.42 Å². The average molecular weight is 451 g/mol. The van der Waals surface area contributed by atoms with Gasteiger partial charge in [0.25, 0.3) is 17.4 Å². The summed E-state index contributed by atoms with van der Waals surface area (Å²) in [6.07, 6.45) is 6.02. The largest absolute Gasteiger partial charge is 0.339 e. The van der Waals surface area contributed by atoms with Gasteiger partial charge < -0.3 is 10.2 Å². The second kappa shape index (κ2) is 8.50. The number of likely N-dealkylation sites (tertiary alicyclic amines) is 1. The van der Waals surface area contributed by atoms with Gasteiger partial charge in [0, 0.05) is 37.3 Å². The highest BCUT2D eigenvalue weighted by atomic mass is 32.1. The molecule has 0 bridgehead atoms. The van der Waals surface area contributed by atoms with E-state index in [4.69, 9.17) is 4.98 Å². The topological polar surface area (TPSA) is 84.3 Å². The van der Waals surface area contributed by atoms with Crippen molar-refractivity contribution in [1.29, 1.82) is 0 Å². The molecule has 1 fully saturated rings. The second-order valence-corrected chi connectivity index (χ2v) is 9.56. The van der Waals surface area contributed by atoms with Crippen LogP contribution in [-0.4, -0.2) is 39.4 Å². The lowest BCUT2D eigenvalue weighted by atomic mass is 10.1. The number of nitrogens with one attached hydrogen (secondary N) is 1. The molecule has 2 aliphatic heterocycles. The normalized spacial score (nSPS) is 16.1. The summed E-state index contributed by atoms with van der Waals surface area (Å²) in [5, 5.41) is 3.46. The predicted molar refractivity (Wildman–Crippen MR) is 126 cm³/mol. The summed E-state index contributed by atoms with van der Waals surface area (Å²) in [5.41, 5.74) is 1.89. The zero-order chi connectivity index (χ0) is 22.2. The van der Waals surface area contributed by atoms with Crippen LogP contribution < -0.4 is 10.9 Å². The van der Waals surface area contributed by atoms with E-state index < -0.39 is 0 Å². The third-order valence-corrected chi connectivity index (χ3v) is 7.59.